The number of thiazole rings is 1. The molecular weight excluding hydrogens is 364 g/mol. The van der Waals surface area contributed by atoms with Crippen molar-refractivity contribution in [3.05, 3.63) is 29.8 Å². The summed E-state index contributed by atoms with van der Waals surface area (Å²) in [5.41, 5.74) is 0.690. The third-order valence-electron chi connectivity index (χ3n) is 5.02. The van der Waals surface area contributed by atoms with E-state index in [4.69, 9.17) is 9.47 Å². The lowest BCUT2D eigenvalue weighted by Crippen LogP contribution is -2.46. The van der Waals surface area contributed by atoms with Gasteiger partial charge in [0, 0.05) is 55.8 Å². The molecule has 3 heterocycles. The van der Waals surface area contributed by atoms with Crippen molar-refractivity contribution in [2.45, 2.75) is 44.9 Å². The molecule has 1 saturated heterocycles. The van der Waals surface area contributed by atoms with Gasteiger partial charge in [-0.1, -0.05) is 6.92 Å². The van der Waals surface area contributed by atoms with E-state index < -0.39 is 5.79 Å². The molecule has 2 amide bonds. The number of carbonyl (C=O) groups is 1. The Morgan fingerprint density at radius 3 is 2.81 bits per heavy atom. The van der Waals surface area contributed by atoms with Gasteiger partial charge in [0.15, 0.2) is 16.6 Å². The first kappa shape index (κ1) is 17.9. The van der Waals surface area contributed by atoms with Crippen LogP contribution >= 0.6 is 11.3 Å². The number of fused-ring (bicyclic) bond motifs is 1. The first-order valence-electron chi connectivity index (χ1n) is 9.29. The minimum Gasteiger partial charge on any atom is -0.449 e. The Kier molecular flexibility index (Phi) is 4.82. The fourth-order valence-corrected chi connectivity index (χ4v) is 4.02. The number of nitrogens with one attached hydrogen (secondary N) is 2. The quantitative estimate of drug-likeness (QED) is 0.832. The number of hydrogen-bond donors (Lipinski definition) is 2. The molecule has 1 fully saturated rings. The fourth-order valence-electron chi connectivity index (χ4n) is 3.32. The Labute approximate surface area is 162 Å². The SMILES string of the molecule is CCC1(C)Oc2ccc(NC(=O)NC3CCN(c4nccs4)CC3)cc2O1. The third-order valence-corrected chi connectivity index (χ3v) is 5.85. The van der Waals surface area contributed by atoms with E-state index in [2.05, 4.69) is 20.5 Å². The number of urea groups is 1. The summed E-state index contributed by atoms with van der Waals surface area (Å²) in [7, 11) is 0. The maximum Gasteiger partial charge on any atom is 0.319 e. The van der Waals surface area contributed by atoms with Crippen molar-refractivity contribution >= 4 is 28.2 Å². The molecule has 1 aromatic heterocycles. The van der Waals surface area contributed by atoms with Gasteiger partial charge in [-0.3, -0.25) is 0 Å². The molecule has 1 unspecified atom stereocenters. The normalized spacial score (nSPS) is 21.9. The van der Waals surface area contributed by atoms with Gasteiger partial charge >= 0.3 is 6.03 Å². The molecule has 8 heteroatoms. The van der Waals surface area contributed by atoms with E-state index >= 15 is 0 Å². The van der Waals surface area contributed by atoms with Gasteiger partial charge in [-0.2, -0.15) is 0 Å². The van der Waals surface area contributed by atoms with Crippen LogP contribution in [0.3, 0.4) is 0 Å². The summed E-state index contributed by atoms with van der Waals surface area (Å²) in [5.74, 6) is 0.739. The smallest absolute Gasteiger partial charge is 0.319 e. The number of ether oxygens (including phenoxy) is 2. The lowest BCUT2D eigenvalue weighted by atomic mass is 10.1. The monoisotopic (exact) mass is 388 g/mol. The van der Waals surface area contributed by atoms with Crippen LogP contribution < -0.4 is 25.0 Å². The fraction of sp³-hybridized carbons (Fsp3) is 0.474. The zero-order valence-electron chi connectivity index (χ0n) is 15.5. The second-order valence-electron chi connectivity index (χ2n) is 7.03. The van der Waals surface area contributed by atoms with Crippen molar-refractivity contribution < 1.29 is 14.3 Å². The number of amides is 2. The molecule has 0 spiro atoms. The van der Waals surface area contributed by atoms with E-state index in [1.54, 1.807) is 17.4 Å². The van der Waals surface area contributed by atoms with E-state index in [0.717, 1.165) is 37.5 Å². The van der Waals surface area contributed by atoms with Crippen LogP contribution in [0.4, 0.5) is 15.6 Å². The van der Waals surface area contributed by atoms with E-state index in [1.165, 1.54) is 0 Å². The number of hydrogen-bond acceptors (Lipinski definition) is 6. The summed E-state index contributed by atoms with van der Waals surface area (Å²) in [6.07, 6.45) is 4.38. The van der Waals surface area contributed by atoms with Crippen molar-refractivity contribution in [1.82, 2.24) is 10.3 Å². The minimum absolute atomic E-state index is 0.165. The molecule has 4 rings (SSSR count). The molecule has 0 aliphatic carbocycles. The highest BCUT2D eigenvalue weighted by Gasteiger charge is 2.35. The number of carbonyl (C=O) groups excluding carboxylic acids is 1. The number of rotatable bonds is 4. The van der Waals surface area contributed by atoms with Gasteiger partial charge in [-0.15, -0.1) is 11.3 Å². The van der Waals surface area contributed by atoms with Gasteiger partial charge < -0.3 is 25.0 Å². The van der Waals surface area contributed by atoms with Crippen LogP contribution in [0.1, 0.15) is 33.1 Å². The van der Waals surface area contributed by atoms with Crippen LogP contribution in [-0.2, 0) is 0 Å². The Hall–Kier alpha value is -2.48. The van der Waals surface area contributed by atoms with Crippen molar-refractivity contribution in [1.29, 1.82) is 0 Å². The number of anilines is 2. The third kappa shape index (κ3) is 3.95. The molecule has 27 heavy (non-hydrogen) atoms. The lowest BCUT2D eigenvalue weighted by Gasteiger charge is -2.32. The number of benzene rings is 1. The maximum absolute atomic E-state index is 12.4. The van der Waals surface area contributed by atoms with Gasteiger partial charge in [-0.05, 0) is 25.0 Å². The summed E-state index contributed by atoms with van der Waals surface area (Å²) in [6.45, 7) is 5.72. The lowest BCUT2D eigenvalue weighted by molar-refractivity contribution is -0.0640. The summed E-state index contributed by atoms with van der Waals surface area (Å²) < 4.78 is 11.7. The highest BCUT2D eigenvalue weighted by Crippen LogP contribution is 2.42. The Balaban J connectivity index is 1.29. The standard InChI is InChI=1S/C19H24N4O3S/c1-3-19(2)25-15-5-4-14(12-16(15)26-19)22-17(24)21-13-6-9-23(10-7-13)18-20-8-11-27-18/h4-5,8,11-13H,3,6-7,9-10H2,1-2H3,(H2,21,22,24). The molecule has 2 aliphatic heterocycles. The van der Waals surface area contributed by atoms with Gasteiger partial charge in [0.1, 0.15) is 0 Å². The first-order valence-corrected chi connectivity index (χ1v) is 10.2. The van der Waals surface area contributed by atoms with Crippen LogP contribution in [0.2, 0.25) is 0 Å². The number of nitrogens with zero attached hydrogens (tertiary/aromatic N) is 2. The van der Waals surface area contributed by atoms with E-state index in [0.29, 0.717) is 17.2 Å². The molecule has 0 bridgehead atoms. The first-order chi connectivity index (χ1) is 13.0. The maximum atomic E-state index is 12.4. The van der Waals surface area contributed by atoms with E-state index in [-0.39, 0.29) is 12.1 Å². The van der Waals surface area contributed by atoms with Crippen molar-refractivity contribution in [3.8, 4) is 11.5 Å². The van der Waals surface area contributed by atoms with Crippen molar-refractivity contribution in [2.75, 3.05) is 23.3 Å². The van der Waals surface area contributed by atoms with Crippen LogP contribution in [0.5, 0.6) is 11.5 Å². The molecule has 2 aliphatic rings. The second kappa shape index (κ2) is 7.26. The molecular formula is C19H24N4O3S. The average Bonchev–Trinajstić information content (AvgIpc) is 3.29. The average molecular weight is 388 g/mol. The second-order valence-corrected chi connectivity index (χ2v) is 7.90. The molecule has 2 N–H and O–H groups in total. The van der Waals surface area contributed by atoms with E-state index in [9.17, 15) is 4.79 Å². The van der Waals surface area contributed by atoms with Crippen LogP contribution in [-0.4, -0.2) is 35.9 Å². The molecule has 7 nitrogen and oxygen atoms in total. The highest BCUT2D eigenvalue weighted by atomic mass is 32.1. The van der Waals surface area contributed by atoms with Gasteiger partial charge in [0.05, 0.1) is 0 Å². The summed E-state index contributed by atoms with van der Waals surface area (Å²) in [6, 6.07) is 5.44. The van der Waals surface area contributed by atoms with Crippen LogP contribution in [0.15, 0.2) is 29.8 Å². The van der Waals surface area contributed by atoms with Gasteiger partial charge in [0.2, 0.25) is 5.79 Å². The largest absolute Gasteiger partial charge is 0.449 e. The highest BCUT2D eigenvalue weighted by molar-refractivity contribution is 7.13. The van der Waals surface area contributed by atoms with Crippen molar-refractivity contribution in [2.24, 2.45) is 0 Å². The Morgan fingerprint density at radius 2 is 2.11 bits per heavy atom. The molecule has 144 valence electrons. The van der Waals surface area contributed by atoms with E-state index in [1.807, 2.05) is 37.6 Å². The van der Waals surface area contributed by atoms with Gasteiger partial charge in [0.25, 0.3) is 0 Å². The summed E-state index contributed by atoms with van der Waals surface area (Å²) in [4.78, 5) is 19.0. The minimum atomic E-state index is -0.630. The molecule has 1 atom stereocenters. The zero-order chi connectivity index (χ0) is 18.9. The number of aromatic nitrogens is 1. The van der Waals surface area contributed by atoms with Gasteiger partial charge in [-0.25, -0.2) is 9.78 Å². The molecule has 0 radical (unpaired) electrons. The Bertz CT molecular complexity index is 805. The topological polar surface area (TPSA) is 75.7 Å². The summed E-state index contributed by atoms with van der Waals surface area (Å²) in [5, 5.41) is 9.00. The predicted molar refractivity (Wildman–Crippen MR) is 106 cm³/mol. The van der Waals surface area contributed by atoms with Crippen LogP contribution in [0, 0.1) is 0 Å². The van der Waals surface area contributed by atoms with Crippen molar-refractivity contribution in [3.63, 3.8) is 0 Å². The summed E-state index contributed by atoms with van der Waals surface area (Å²) >= 11 is 1.65. The molecule has 1 aromatic carbocycles. The zero-order valence-corrected chi connectivity index (χ0v) is 16.3. The molecule has 2 aromatic rings. The Morgan fingerprint density at radius 1 is 1.33 bits per heavy atom. The predicted octanol–water partition coefficient (Wildman–Crippen LogP) is 3.83. The van der Waals surface area contributed by atoms with Crippen LogP contribution in [0.25, 0.3) is 0 Å². The molecule has 0 saturated carbocycles. The number of piperidine rings is 1.